The van der Waals surface area contributed by atoms with Crippen molar-refractivity contribution in [3.63, 3.8) is 0 Å². The summed E-state index contributed by atoms with van der Waals surface area (Å²) in [4.78, 5) is 11.5. The minimum Gasteiger partial charge on any atom is -0.492 e. The minimum absolute atomic E-state index is 0.263. The van der Waals surface area contributed by atoms with E-state index in [1.807, 2.05) is 25.1 Å². The number of methoxy groups -OCH3 is 1. The van der Waals surface area contributed by atoms with Crippen molar-refractivity contribution in [3.8, 4) is 5.75 Å². The highest BCUT2D eigenvalue weighted by Gasteiger charge is 2.29. The largest absolute Gasteiger partial charge is 0.492 e. The lowest BCUT2D eigenvalue weighted by atomic mass is 9.95. The molecule has 0 unspecified atom stereocenters. The van der Waals surface area contributed by atoms with Gasteiger partial charge in [-0.05, 0) is 51.0 Å². The molecule has 0 spiro atoms. The Labute approximate surface area is 103 Å². The minimum atomic E-state index is -0.631. The van der Waals surface area contributed by atoms with Gasteiger partial charge in [0, 0.05) is 0 Å². The van der Waals surface area contributed by atoms with Gasteiger partial charge in [-0.25, -0.2) is 0 Å². The smallest absolute Gasteiger partial charge is 0.314 e. The van der Waals surface area contributed by atoms with Crippen molar-refractivity contribution in [2.45, 2.75) is 27.7 Å². The fraction of sp³-hybridized carbons (Fsp3) is 0.500. The SMILES string of the molecule is COC(=O)C(C)(C)COc1ccc(C)c(C)c1. The predicted octanol–water partition coefficient (Wildman–Crippen LogP) is 2.88. The molecule has 0 amide bonds. The Morgan fingerprint density at radius 3 is 2.41 bits per heavy atom. The van der Waals surface area contributed by atoms with E-state index in [0.717, 1.165) is 5.75 Å². The van der Waals surface area contributed by atoms with Gasteiger partial charge < -0.3 is 9.47 Å². The maximum Gasteiger partial charge on any atom is 0.314 e. The summed E-state index contributed by atoms with van der Waals surface area (Å²) in [6.45, 7) is 8.01. The molecule has 94 valence electrons. The second-order valence-electron chi connectivity index (χ2n) is 4.91. The number of hydrogen-bond acceptors (Lipinski definition) is 3. The molecular formula is C14H20O3. The van der Waals surface area contributed by atoms with Gasteiger partial charge in [0.25, 0.3) is 0 Å². The fourth-order valence-corrected chi connectivity index (χ4v) is 1.40. The number of benzene rings is 1. The third kappa shape index (κ3) is 3.48. The van der Waals surface area contributed by atoms with Gasteiger partial charge in [-0.3, -0.25) is 4.79 Å². The molecule has 0 bridgehead atoms. The van der Waals surface area contributed by atoms with Gasteiger partial charge in [-0.1, -0.05) is 6.07 Å². The summed E-state index contributed by atoms with van der Waals surface area (Å²) in [6, 6.07) is 5.90. The number of rotatable bonds is 4. The summed E-state index contributed by atoms with van der Waals surface area (Å²) in [5, 5.41) is 0. The lowest BCUT2D eigenvalue weighted by Crippen LogP contribution is -2.32. The molecule has 0 heterocycles. The number of carbonyl (C=O) groups excluding carboxylic acids is 1. The summed E-state index contributed by atoms with van der Waals surface area (Å²) < 4.78 is 10.4. The van der Waals surface area contributed by atoms with Crippen molar-refractivity contribution in [2.75, 3.05) is 13.7 Å². The van der Waals surface area contributed by atoms with Gasteiger partial charge in [0.15, 0.2) is 0 Å². The standard InChI is InChI=1S/C14H20O3/c1-10-6-7-12(8-11(10)2)17-9-14(3,4)13(15)16-5/h6-8H,9H2,1-5H3. The molecule has 0 aromatic heterocycles. The lowest BCUT2D eigenvalue weighted by molar-refractivity contribution is -0.152. The topological polar surface area (TPSA) is 35.5 Å². The van der Waals surface area contributed by atoms with E-state index in [1.54, 1.807) is 13.8 Å². The van der Waals surface area contributed by atoms with Gasteiger partial charge in [-0.2, -0.15) is 0 Å². The number of ether oxygens (including phenoxy) is 2. The Bertz CT molecular complexity index is 408. The molecule has 0 aliphatic heterocycles. The lowest BCUT2D eigenvalue weighted by Gasteiger charge is -2.21. The molecule has 1 aromatic rings. The van der Waals surface area contributed by atoms with E-state index in [1.165, 1.54) is 18.2 Å². The highest BCUT2D eigenvalue weighted by atomic mass is 16.5. The summed E-state index contributed by atoms with van der Waals surface area (Å²) in [5.41, 5.74) is 1.77. The van der Waals surface area contributed by atoms with Crippen molar-refractivity contribution in [1.29, 1.82) is 0 Å². The molecule has 0 saturated carbocycles. The first kappa shape index (κ1) is 13.6. The van der Waals surface area contributed by atoms with E-state index < -0.39 is 5.41 Å². The highest BCUT2D eigenvalue weighted by molar-refractivity contribution is 5.75. The van der Waals surface area contributed by atoms with E-state index in [0.29, 0.717) is 6.61 Å². The van der Waals surface area contributed by atoms with Crippen LogP contribution in [0.4, 0.5) is 0 Å². The molecule has 3 heteroatoms. The highest BCUT2D eigenvalue weighted by Crippen LogP contribution is 2.21. The molecule has 1 aromatic carbocycles. The fourth-order valence-electron chi connectivity index (χ4n) is 1.40. The number of carbonyl (C=O) groups is 1. The third-order valence-corrected chi connectivity index (χ3v) is 2.82. The maximum absolute atomic E-state index is 11.5. The average Bonchev–Trinajstić information content (AvgIpc) is 2.29. The molecule has 1 rings (SSSR count). The van der Waals surface area contributed by atoms with E-state index >= 15 is 0 Å². The average molecular weight is 236 g/mol. The third-order valence-electron chi connectivity index (χ3n) is 2.82. The van der Waals surface area contributed by atoms with E-state index in [-0.39, 0.29) is 5.97 Å². The zero-order valence-corrected chi connectivity index (χ0v) is 11.2. The van der Waals surface area contributed by atoms with Crippen molar-refractivity contribution in [1.82, 2.24) is 0 Å². The molecule has 0 radical (unpaired) electrons. The van der Waals surface area contributed by atoms with Gasteiger partial charge in [0.1, 0.15) is 12.4 Å². The summed E-state index contributed by atoms with van der Waals surface area (Å²) in [7, 11) is 1.39. The zero-order chi connectivity index (χ0) is 13.1. The number of esters is 1. The maximum atomic E-state index is 11.5. The molecule has 0 aliphatic carbocycles. The van der Waals surface area contributed by atoms with Crippen molar-refractivity contribution < 1.29 is 14.3 Å². The second-order valence-corrected chi connectivity index (χ2v) is 4.91. The number of aryl methyl sites for hydroxylation is 2. The van der Waals surface area contributed by atoms with Crippen LogP contribution in [0.5, 0.6) is 5.75 Å². The Hall–Kier alpha value is -1.51. The Balaban J connectivity index is 2.67. The number of hydrogen-bond donors (Lipinski definition) is 0. The van der Waals surface area contributed by atoms with Crippen LogP contribution in [0.3, 0.4) is 0 Å². The van der Waals surface area contributed by atoms with Crippen LogP contribution in [0.15, 0.2) is 18.2 Å². The van der Waals surface area contributed by atoms with Gasteiger partial charge in [-0.15, -0.1) is 0 Å². The van der Waals surface area contributed by atoms with Crippen LogP contribution in [0.25, 0.3) is 0 Å². The van der Waals surface area contributed by atoms with E-state index in [9.17, 15) is 4.79 Å². The predicted molar refractivity (Wildman–Crippen MR) is 67.2 cm³/mol. The zero-order valence-electron chi connectivity index (χ0n) is 11.2. The Morgan fingerprint density at radius 1 is 1.24 bits per heavy atom. The van der Waals surface area contributed by atoms with Crippen molar-refractivity contribution in [3.05, 3.63) is 29.3 Å². The van der Waals surface area contributed by atoms with Crippen molar-refractivity contribution >= 4 is 5.97 Å². The van der Waals surface area contributed by atoms with Crippen LogP contribution in [0, 0.1) is 19.3 Å². The Kier molecular flexibility index (Phi) is 4.16. The quantitative estimate of drug-likeness (QED) is 0.754. The van der Waals surface area contributed by atoms with Gasteiger partial charge >= 0.3 is 5.97 Å². The second kappa shape index (κ2) is 5.21. The van der Waals surface area contributed by atoms with Crippen LogP contribution >= 0.6 is 0 Å². The first-order valence-electron chi connectivity index (χ1n) is 5.65. The Morgan fingerprint density at radius 2 is 1.88 bits per heavy atom. The molecule has 0 aliphatic rings. The first-order chi connectivity index (χ1) is 7.86. The van der Waals surface area contributed by atoms with Gasteiger partial charge in [0.05, 0.1) is 12.5 Å². The summed E-state index contributed by atoms with van der Waals surface area (Å²) in [6.07, 6.45) is 0. The van der Waals surface area contributed by atoms with E-state index in [2.05, 4.69) is 6.92 Å². The van der Waals surface area contributed by atoms with Crippen LogP contribution in [0.2, 0.25) is 0 Å². The summed E-state index contributed by atoms with van der Waals surface area (Å²) in [5.74, 6) is 0.520. The molecule has 0 atom stereocenters. The van der Waals surface area contributed by atoms with Crippen molar-refractivity contribution in [2.24, 2.45) is 5.41 Å². The van der Waals surface area contributed by atoms with Crippen LogP contribution in [0.1, 0.15) is 25.0 Å². The van der Waals surface area contributed by atoms with Crippen LogP contribution in [-0.4, -0.2) is 19.7 Å². The molecule has 0 fully saturated rings. The first-order valence-corrected chi connectivity index (χ1v) is 5.65. The molecular weight excluding hydrogens is 216 g/mol. The van der Waals surface area contributed by atoms with E-state index in [4.69, 9.17) is 9.47 Å². The van der Waals surface area contributed by atoms with Crippen LogP contribution < -0.4 is 4.74 Å². The molecule has 0 saturated heterocycles. The van der Waals surface area contributed by atoms with Crippen LogP contribution in [-0.2, 0) is 9.53 Å². The summed E-state index contributed by atoms with van der Waals surface area (Å²) >= 11 is 0. The molecule has 0 N–H and O–H groups in total. The molecule has 17 heavy (non-hydrogen) atoms. The van der Waals surface area contributed by atoms with Gasteiger partial charge in [0.2, 0.25) is 0 Å². The molecule has 3 nitrogen and oxygen atoms in total. The normalized spacial score (nSPS) is 11.1. The monoisotopic (exact) mass is 236 g/mol.